The first-order valence-electron chi connectivity index (χ1n) is 2.00. The standard InChI is InChI=1S/C5H8O2/c1-3-4(2)5(6)7/h1,4-7H,2H3. The Bertz CT molecular complexity index is 80.6. The maximum atomic E-state index is 8.23. The molecule has 0 spiro atoms. The van der Waals surface area contributed by atoms with Crippen molar-refractivity contribution in [3.05, 3.63) is 0 Å². The Hall–Kier alpha value is -0.520. The molecule has 0 aliphatic heterocycles. The molecule has 0 aliphatic carbocycles. The van der Waals surface area contributed by atoms with E-state index in [2.05, 4.69) is 5.92 Å². The zero-order chi connectivity index (χ0) is 5.86. The van der Waals surface area contributed by atoms with Crippen molar-refractivity contribution in [1.82, 2.24) is 0 Å². The highest BCUT2D eigenvalue weighted by molar-refractivity contribution is 4.90. The van der Waals surface area contributed by atoms with Gasteiger partial charge in [0.15, 0.2) is 6.29 Å². The maximum absolute atomic E-state index is 8.23. The van der Waals surface area contributed by atoms with E-state index in [9.17, 15) is 0 Å². The molecule has 2 N–H and O–H groups in total. The summed E-state index contributed by atoms with van der Waals surface area (Å²) in [5.41, 5.74) is 0. The fraction of sp³-hybridized carbons (Fsp3) is 0.600. The molecule has 2 nitrogen and oxygen atoms in total. The van der Waals surface area contributed by atoms with Crippen LogP contribution in [0.15, 0.2) is 0 Å². The Morgan fingerprint density at radius 1 is 1.57 bits per heavy atom. The highest BCUT2D eigenvalue weighted by atomic mass is 16.5. The molecule has 0 radical (unpaired) electrons. The van der Waals surface area contributed by atoms with E-state index < -0.39 is 12.2 Å². The monoisotopic (exact) mass is 100 g/mol. The Morgan fingerprint density at radius 2 is 2.00 bits per heavy atom. The summed E-state index contributed by atoms with van der Waals surface area (Å²) in [5, 5.41) is 16.5. The number of terminal acetylenes is 1. The lowest BCUT2D eigenvalue weighted by Gasteiger charge is -2.02. The van der Waals surface area contributed by atoms with Crippen LogP contribution in [0.25, 0.3) is 0 Å². The van der Waals surface area contributed by atoms with Gasteiger partial charge in [-0.15, -0.1) is 6.42 Å². The third kappa shape index (κ3) is 2.21. The van der Waals surface area contributed by atoms with E-state index in [1.54, 1.807) is 6.92 Å². The fourth-order valence-electron chi connectivity index (χ4n) is 0.0861. The SMILES string of the molecule is C#CC(C)C(O)O. The van der Waals surface area contributed by atoms with Gasteiger partial charge in [-0.1, -0.05) is 5.92 Å². The Labute approximate surface area is 42.8 Å². The molecule has 0 amide bonds. The minimum atomic E-state index is -1.37. The highest BCUT2D eigenvalue weighted by Gasteiger charge is 2.03. The average Bonchev–Trinajstić information content (AvgIpc) is 1.65. The molecule has 0 aromatic carbocycles. The van der Waals surface area contributed by atoms with Crippen molar-refractivity contribution in [2.45, 2.75) is 13.2 Å². The Balaban J connectivity index is 3.40. The van der Waals surface area contributed by atoms with E-state index in [0.29, 0.717) is 0 Å². The van der Waals surface area contributed by atoms with Gasteiger partial charge in [0.05, 0.1) is 5.92 Å². The molecule has 0 rings (SSSR count). The van der Waals surface area contributed by atoms with E-state index in [-0.39, 0.29) is 0 Å². The minimum absolute atomic E-state index is 0.458. The van der Waals surface area contributed by atoms with Crippen LogP contribution in [-0.2, 0) is 0 Å². The van der Waals surface area contributed by atoms with Gasteiger partial charge in [0, 0.05) is 0 Å². The molecule has 7 heavy (non-hydrogen) atoms. The highest BCUT2D eigenvalue weighted by Crippen LogP contribution is 1.94. The number of rotatable bonds is 1. The van der Waals surface area contributed by atoms with Crippen LogP contribution in [0.1, 0.15) is 6.92 Å². The van der Waals surface area contributed by atoms with E-state index >= 15 is 0 Å². The zero-order valence-corrected chi connectivity index (χ0v) is 4.13. The molecule has 1 atom stereocenters. The summed E-state index contributed by atoms with van der Waals surface area (Å²) in [7, 11) is 0. The number of aliphatic hydroxyl groups excluding tert-OH is 1. The predicted molar refractivity (Wildman–Crippen MR) is 26.2 cm³/mol. The molecule has 0 saturated heterocycles. The van der Waals surface area contributed by atoms with Crippen LogP contribution in [0.2, 0.25) is 0 Å². The van der Waals surface area contributed by atoms with Gasteiger partial charge in [0.25, 0.3) is 0 Å². The van der Waals surface area contributed by atoms with Crippen LogP contribution in [0.5, 0.6) is 0 Å². The molecule has 0 aromatic rings. The topological polar surface area (TPSA) is 40.5 Å². The van der Waals surface area contributed by atoms with E-state index in [1.165, 1.54) is 0 Å². The van der Waals surface area contributed by atoms with Crippen LogP contribution < -0.4 is 0 Å². The van der Waals surface area contributed by atoms with Crippen molar-refractivity contribution in [1.29, 1.82) is 0 Å². The smallest absolute Gasteiger partial charge is 0.165 e. The zero-order valence-electron chi connectivity index (χ0n) is 4.13. The lowest BCUT2D eigenvalue weighted by Crippen LogP contribution is -2.13. The molecule has 0 aromatic heterocycles. The van der Waals surface area contributed by atoms with Crippen LogP contribution in [0.4, 0.5) is 0 Å². The first kappa shape index (κ1) is 6.48. The molecule has 1 unspecified atom stereocenters. The van der Waals surface area contributed by atoms with Crippen molar-refractivity contribution in [2.75, 3.05) is 0 Å². The molecule has 0 fully saturated rings. The third-order valence-corrected chi connectivity index (χ3v) is 0.710. The number of aliphatic hydroxyl groups is 2. The summed E-state index contributed by atoms with van der Waals surface area (Å²) in [4.78, 5) is 0. The molecule has 0 heterocycles. The van der Waals surface area contributed by atoms with Gasteiger partial charge in [0.1, 0.15) is 0 Å². The van der Waals surface area contributed by atoms with Crippen LogP contribution in [0.3, 0.4) is 0 Å². The summed E-state index contributed by atoms with van der Waals surface area (Å²) in [6.07, 6.45) is 3.43. The van der Waals surface area contributed by atoms with Gasteiger partial charge < -0.3 is 10.2 Å². The lowest BCUT2D eigenvalue weighted by atomic mass is 10.2. The fourth-order valence-corrected chi connectivity index (χ4v) is 0.0861. The maximum Gasteiger partial charge on any atom is 0.165 e. The molecule has 0 bridgehead atoms. The van der Waals surface area contributed by atoms with Crippen molar-refractivity contribution in [3.63, 3.8) is 0 Å². The summed E-state index contributed by atoms with van der Waals surface area (Å²) in [6, 6.07) is 0. The summed E-state index contributed by atoms with van der Waals surface area (Å²) < 4.78 is 0. The minimum Gasteiger partial charge on any atom is -0.367 e. The second kappa shape index (κ2) is 2.62. The van der Waals surface area contributed by atoms with Gasteiger partial charge in [0.2, 0.25) is 0 Å². The molecular weight excluding hydrogens is 92.1 g/mol. The van der Waals surface area contributed by atoms with E-state index in [0.717, 1.165) is 0 Å². The molecule has 0 aliphatic rings. The summed E-state index contributed by atoms with van der Waals surface area (Å²) in [5.74, 6) is 1.71. The third-order valence-electron chi connectivity index (χ3n) is 0.710. The Kier molecular flexibility index (Phi) is 2.42. The number of hydrogen-bond donors (Lipinski definition) is 2. The van der Waals surface area contributed by atoms with Gasteiger partial charge in [-0.3, -0.25) is 0 Å². The van der Waals surface area contributed by atoms with Crippen LogP contribution in [0, 0.1) is 18.3 Å². The Morgan fingerprint density at radius 3 is 2.00 bits per heavy atom. The van der Waals surface area contributed by atoms with Gasteiger partial charge in [-0.2, -0.15) is 0 Å². The van der Waals surface area contributed by atoms with Gasteiger partial charge in [-0.25, -0.2) is 0 Å². The first-order chi connectivity index (χ1) is 3.18. The quantitative estimate of drug-likeness (QED) is 0.346. The average molecular weight is 100 g/mol. The van der Waals surface area contributed by atoms with Crippen molar-refractivity contribution in [3.8, 4) is 12.3 Å². The summed E-state index contributed by atoms with van der Waals surface area (Å²) in [6.45, 7) is 1.56. The normalized spacial score (nSPS) is 13.6. The second-order valence-corrected chi connectivity index (χ2v) is 1.37. The molecule has 0 saturated carbocycles. The van der Waals surface area contributed by atoms with E-state index in [1.807, 2.05) is 0 Å². The lowest BCUT2D eigenvalue weighted by molar-refractivity contribution is -0.0626. The van der Waals surface area contributed by atoms with Crippen LogP contribution in [-0.4, -0.2) is 16.5 Å². The summed E-state index contributed by atoms with van der Waals surface area (Å²) >= 11 is 0. The van der Waals surface area contributed by atoms with E-state index in [4.69, 9.17) is 16.6 Å². The second-order valence-electron chi connectivity index (χ2n) is 1.37. The largest absolute Gasteiger partial charge is 0.367 e. The van der Waals surface area contributed by atoms with Crippen molar-refractivity contribution in [2.24, 2.45) is 5.92 Å². The van der Waals surface area contributed by atoms with Crippen molar-refractivity contribution >= 4 is 0 Å². The molecular formula is C5H8O2. The number of hydrogen-bond acceptors (Lipinski definition) is 2. The van der Waals surface area contributed by atoms with Gasteiger partial charge >= 0.3 is 0 Å². The van der Waals surface area contributed by atoms with Crippen LogP contribution >= 0.6 is 0 Å². The predicted octanol–water partition coefficient (Wildman–Crippen LogP) is -0.434. The van der Waals surface area contributed by atoms with Gasteiger partial charge in [-0.05, 0) is 6.92 Å². The molecule has 40 valence electrons. The van der Waals surface area contributed by atoms with Crippen molar-refractivity contribution < 1.29 is 10.2 Å². The first-order valence-corrected chi connectivity index (χ1v) is 2.00. The molecule has 2 heteroatoms.